The van der Waals surface area contributed by atoms with Gasteiger partial charge in [0.15, 0.2) is 0 Å². The maximum Gasteiger partial charge on any atom is 0.119 e. The summed E-state index contributed by atoms with van der Waals surface area (Å²) in [5.74, 6) is 3.29. The van der Waals surface area contributed by atoms with Crippen molar-refractivity contribution >= 4 is 58.4 Å². The molecule has 10 aromatic carbocycles. The van der Waals surface area contributed by atoms with E-state index in [1.807, 2.05) is 48.5 Å². The molecule has 3 aliphatic carbocycles. The van der Waals surface area contributed by atoms with Gasteiger partial charge in [-0.1, -0.05) is 151 Å². The Balaban J connectivity index is 0.726. The standard InChI is InChI=1S/C77H68N2O4/c1-75(2)69-43-49(11-13-51-17-39-65-67-41-27-57(47-73(67)76(3,4)71(65)45-51)78(53-19-29-59(80-7)30-20-53)54-21-31-60(81-8)32-22-54)15-37-63(69)64-38-16-50(44-70(64)75)12-14-52-18-40-66-68-42-28-58(48-74(68)77(5,6)72(66)46-52)79(55-23-33-61(82-9)34-24-55)56-25-35-62(83-10)36-26-56/h11-48H,1-10H3/b13-11+,14-12+. The summed E-state index contributed by atoms with van der Waals surface area (Å²) in [4.78, 5) is 4.60. The van der Waals surface area contributed by atoms with Gasteiger partial charge in [0.2, 0.25) is 0 Å². The largest absolute Gasteiger partial charge is 0.497 e. The van der Waals surface area contributed by atoms with E-state index in [4.69, 9.17) is 18.9 Å². The highest BCUT2D eigenvalue weighted by molar-refractivity contribution is 5.90. The van der Waals surface area contributed by atoms with Crippen molar-refractivity contribution in [1.29, 1.82) is 0 Å². The van der Waals surface area contributed by atoms with Crippen LogP contribution in [0.5, 0.6) is 23.0 Å². The van der Waals surface area contributed by atoms with Crippen molar-refractivity contribution in [2.75, 3.05) is 38.2 Å². The van der Waals surface area contributed by atoms with Gasteiger partial charge in [0.1, 0.15) is 23.0 Å². The van der Waals surface area contributed by atoms with Gasteiger partial charge >= 0.3 is 0 Å². The summed E-state index contributed by atoms with van der Waals surface area (Å²) >= 11 is 0. The second-order valence-electron chi connectivity index (χ2n) is 23.7. The number of fused-ring (bicyclic) bond motifs is 9. The van der Waals surface area contributed by atoms with Crippen LogP contribution in [0.3, 0.4) is 0 Å². The molecule has 83 heavy (non-hydrogen) atoms. The molecule has 0 aliphatic heterocycles. The van der Waals surface area contributed by atoms with E-state index in [9.17, 15) is 0 Å². The van der Waals surface area contributed by atoms with Crippen LogP contribution in [0.25, 0.3) is 57.7 Å². The lowest BCUT2D eigenvalue weighted by atomic mass is 9.81. The molecule has 0 radical (unpaired) electrons. The van der Waals surface area contributed by atoms with Gasteiger partial charge in [-0.25, -0.2) is 0 Å². The molecule has 0 saturated heterocycles. The van der Waals surface area contributed by atoms with Gasteiger partial charge in [-0.15, -0.1) is 0 Å². The Kier molecular flexibility index (Phi) is 13.0. The predicted molar refractivity (Wildman–Crippen MR) is 345 cm³/mol. The second kappa shape index (κ2) is 20.5. The maximum atomic E-state index is 5.52. The molecule has 6 heteroatoms. The SMILES string of the molecule is COc1ccc(N(c2ccc(OC)cc2)c2ccc3c(c2)C(C)(C)c2cc(/C=C/c4ccc5c(c4)C(C)(C)c4cc(/C=C/c6ccc7c(c6)C(C)(C)c6cc(N(c8ccc(OC)cc8)c8ccc(OC)cc8)ccc6-7)ccc4-5)ccc2-3)cc1. The lowest BCUT2D eigenvalue weighted by molar-refractivity contribution is 0.414. The average Bonchev–Trinajstić information content (AvgIpc) is 3.07. The monoisotopic (exact) mass is 1080 g/mol. The summed E-state index contributed by atoms with van der Waals surface area (Å²) in [6.45, 7) is 14.2. The smallest absolute Gasteiger partial charge is 0.119 e. The fraction of sp³-hybridized carbons (Fsp3) is 0.169. The highest BCUT2D eigenvalue weighted by Crippen LogP contribution is 2.54. The number of hydrogen-bond donors (Lipinski definition) is 0. The van der Waals surface area contributed by atoms with Gasteiger partial charge in [0, 0.05) is 50.4 Å². The van der Waals surface area contributed by atoms with Gasteiger partial charge in [-0.05, 0) is 210 Å². The first kappa shape index (κ1) is 52.8. The fourth-order valence-corrected chi connectivity index (χ4v) is 13.2. The van der Waals surface area contributed by atoms with E-state index in [0.717, 1.165) is 57.1 Å². The van der Waals surface area contributed by atoms with Crippen molar-refractivity contribution in [3.8, 4) is 56.4 Å². The Morgan fingerprint density at radius 2 is 0.434 bits per heavy atom. The predicted octanol–water partition coefficient (Wildman–Crippen LogP) is 19.9. The number of ether oxygens (including phenoxy) is 4. The minimum absolute atomic E-state index is 0.171. The van der Waals surface area contributed by atoms with Crippen LogP contribution in [0.15, 0.2) is 206 Å². The van der Waals surface area contributed by atoms with Crippen molar-refractivity contribution in [2.45, 2.75) is 57.8 Å². The minimum atomic E-state index is -0.216. The molecule has 13 rings (SSSR count). The molecule has 0 saturated carbocycles. The molecule has 0 heterocycles. The normalized spacial score (nSPS) is 14.3. The third-order valence-corrected chi connectivity index (χ3v) is 17.9. The van der Waals surface area contributed by atoms with Crippen LogP contribution in [0.4, 0.5) is 34.1 Å². The van der Waals surface area contributed by atoms with Crippen LogP contribution < -0.4 is 28.7 Å². The van der Waals surface area contributed by atoms with Crippen LogP contribution in [0.1, 0.15) is 97.2 Å². The average molecular weight is 1090 g/mol. The van der Waals surface area contributed by atoms with E-state index in [1.54, 1.807) is 28.4 Å². The Morgan fingerprint density at radius 3 is 0.651 bits per heavy atom. The van der Waals surface area contributed by atoms with Crippen molar-refractivity contribution in [2.24, 2.45) is 0 Å². The van der Waals surface area contributed by atoms with Crippen molar-refractivity contribution < 1.29 is 18.9 Å². The summed E-state index contributed by atoms with van der Waals surface area (Å²) in [7, 11) is 6.81. The number of methoxy groups -OCH3 is 4. The Morgan fingerprint density at radius 1 is 0.241 bits per heavy atom. The molecule has 0 atom stereocenters. The Hall–Kier alpha value is -9.52. The van der Waals surface area contributed by atoms with Gasteiger partial charge in [-0.2, -0.15) is 0 Å². The molecule has 6 nitrogen and oxygen atoms in total. The van der Waals surface area contributed by atoms with Crippen molar-refractivity contribution in [1.82, 2.24) is 0 Å². The summed E-state index contributed by atoms with van der Waals surface area (Å²) in [6, 6.07) is 74.7. The fourth-order valence-electron chi connectivity index (χ4n) is 13.2. The van der Waals surface area contributed by atoms with E-state index in [-0.39, 0.29) is 16.2 Å². The number of benzene rings is 10. The van der Waals surface area contributed by atoms with Gasteiger partial charge < -0.3 is 28.7 Å². The van der Waals surface area contributed by atoms with Crippen LogP contribution in [-0.2, 0) is 16.2 Å². The zero-order chi connectivity index (χ0) is 57.4. The van der Waals surface area contributed by atoms with E-state index in [0.29, 0.717) is 0 Å². The molecular formula is C77H68N2O4. The molecule has 0 bridgehead atoms. The molecule has 0 spiro atoms. The van der Waals surface area contributed by atoms with Crippen LogP contribution >= 0.6 is 0 Å². The molecule has 0 aromatic heterocycles. The zero-order valence-electron chi connectivity index (χ0n) is 49.0. The van der Waals surface area contributed by atoms with Crippen LogP contribution in [0.2, 0.25) is 0 Å². The quantitative estimate of drug-likeness (QED) is 0.101. The Bertz CT molecular complexity index is 3840. The number of nitrogens with zero attached hydrogens (tertiary/aromatic N) is 2. The Labute approximate surface area is 489 Å². The molecule has 0 unspecified atom stereocenters. The number of rotatable bonds is 14. The number of anilines is 6. The summed E-state index contributed by atoms with van der Waals surface area (Å²) < 4.78 is 22.1. The number of hydrogen-bond acceptors (Lipinski definition) is 6. The maximum absolute atomic E-state index is 5.52. The van der Waals surface area contributed by atoms with E-state index in [2.05, 4.69) is 233 Å². The zero-order valence-corrected chi connectivity index (χ0v) is 49.0. The summed E-state index contributed by atoms with van der Waals surface area (Å²) in [5, 5.41) is 0. The topological polar surface area (TPSA) is 43.4 Å². The lowest BCUT2D eigenvalue weighted by Gasteiger charge is -2.28. The molecule has 0 amide bonds. The highest BCUT2D eigenvalue weighted by Gasteiger charge is 2.39. The molecule has 10 aromatic rings. The third-order valence-electron chi connectivity index (χ3n) is 17.9. The van der Waals surface area contributed by atoms with Gasteiger partial charge in [0.05, 0.1) is 28.4 Å². The minimum Gasteiger partial charge on any atom is -0.497 e. The molecule has 0 fully saturated rings. The molecule has 0 N–H and O–H groups in total. The van der Waals surface area contributed by atoms with Crippen LogP contribution in [0, 0.1) is 0 Å². The third kappa shape index (κ3) is 9.14. The van der Waals surface area contributed by atoms with E-state index >= 15 is 0 Å². The summed E-state index contributed by atoms with van der Waals surface area (Å²) in [6.07, 6.45) is 9.10. The first-order valence-electron chi connectivity index (χ1n) is 28.6. The van der Waals surface area contributed by atoms with Crippen molar-refractivity contribution in [3.63, 3.8) is 0 Å². The van der Waals surface area contributed by atoms with Gasteiger partial charge in [-0.3, -0.25) is 0 Å². The highest BCUT2D eigenvalue weighted by atomic mass is 16.5. The first-order valence-corrected chi connectivity index (χ1v) is 28.6. The molecule has 3 aliphatic rings. The summed E-state index contributed by atoms with van der Waals surface area (Å²) in [5.41, 5.74) is 26.3. The van der Waals surface area contributed by atoms with Gasteiger partial charge in [0.25, 0.3) is 0 Å². The van der Waals surface area contributed by atoms with E-state index in [1.165, 1.54) is 89.0 Å². The lowest BCUT2D eigenvalue weighted by Crippen LogP contribution is -2.16. The van der Waals surface area contributed by atoms with Crippen LogP contribution in [-0.4, -0.2) is 28.4 Å². The first-order chi connectivity index (χ1) is 40.2. The van der Waals surface area contributed by atoms with E-state index < -0.39 is 0 Å². The molecule has 410 valence electrons. The molecular weight excluding hydrogens is 1020 g/mol. The second-order valence-corrected chi connectivity index (χ2v) is 23.7. The van der Waals surface area contributed by atoms with Crippen molar-refractivity contribution in [3.05, 3.63) is 262 Å².